The van der Waals surface area contributed by atoms with E-state index in [9.17, 15) is 4.79 Å². The van der Waals surface area contributed by atoms with Gasteiger partial charge in [-0.3, -0.25) is 14.5 Å². The number of ether oxygens (including phenoxy) is 1. The van der Waals surface area contributed by atoms with Crippen molar-refractivity contribution in [2.45, 2.75) is 0 Å². The number of hydrogen-bond donors (Lipinski definition) is 2. The highest BCUT2D eigenvalue weighted by Gasteiger charge is 2.17. The molecule has 9 nitrogen and oxygen atoms in total. The van der Waals surface area contributed by atoms with Crippen LogP contribution in [0.1, 0.15) is 5.56 Å². The second-order valence-electron chi connectivity index (χ2n) is 8.32. The Bertz CT molecular complexity index is 1860. The Morgan fingerprint density at radius 3 is 2.54 bits per heavy atom. The molecule has 3 aromatic carbocycles. The molecule has 0 radical (unpaired) electrons. The van der Waals surface area contributed by atoms with E-state index in [1.165, 1.54) is 6.20 Å². The molecule has 0 aliphatic rings. The van der Waals surface area contributed by atoms with E-state index in [1.807, 2.05) is 60.7 Å². The number of methoxy groups -OCH3 is 1. The summed E-state index contributed by atoms with van der Waals surface area (Å²) in [6, 6.07) is 24.5. The molecule has 0 aliphatic heterocycles. The molecule has 178 valence electrons. The number of benzene rings is 3. The molecule has 0 saturated heterocycles. The Kier molecular flexibility index (Phi) is 5.32. The lowest BCUT2D eigenvalue weighted by atomic mass is 10.0. The van der Waals surface area contributed by atoms with Gasteiger partial charge in [-0.05, 0) is 59.7 Å². The summed E-state index contributed by atoms with van der Waals surface area (Å²) < 4.78 is 6.79. The fourth-order valence-corrected chi connectivity index (χ4v) is 4.25. The van der Waals surface area contributed by atoms with Gasteiger partial charge in [0.25, 0.3) is 5.56 Å². The van der Waals surface area contributed by atoms with Gasteiger partial charge in [-0.1, -0.05) is 24.3 Å². The molecule has 0 atom stereocenters. The third-order valence-corrected chi connectivity index (χ3v) is 6.12. The van der Waals surface area contributed by atoms with Crippen molar-refractivity contribution >= 4 is 33.6 Å². The molecule has 37 heavy (non-hydrogen) atoms. The van der Waals surface area contributed by atoms with Crippen molar-refractivity contribution in [1.82, 2.24) is 24.7 Å². The lowest BCUT2D eigenvalue weighted by Crippen LogP contribution is -2.20. The summed E-state index contributed by atoms with van der Waals surface area (Å²) in [6.45, 7) is 0. The number of nitrogens with one attached hydrogen (secondary N) is 2. The van der Waals surface area contributed by atoms with Gasteiger partial charge in [0.15, 0.2) is 5.65 Å². The van der Waals surface area contributed by atoms with Gasteiger partial charge in [0.1, 0.15) is 5.75 Å². The fraction of sp³-hybridized carbons (Fsp3) is 0.0357. The van der Waals surface area contributed by atoms with Gasteiger partial charge in [0.2, 0.25) is 5.95 Å². The van der Waals surface area contributed by atoms with E-state index in [-0.39, 0.29) is 5.56 Å². The van der Waals surface area contributed by atoms with E-state index in [0.717, 1.165) is 22.6 Å². The molecule has 0 spiro atoms. The molecule has 0 amide bonds. The number of fused-ring (bicyclic) bond motifs is 3. The molecule has 6 rings (SSSR count). The van der Waals surface area contributed by atoms with Crippen LogP contribution in [0.2, 0.25) is 0 Å². The maximum Gasteiger partial charge on any atom is 0.267 e. The molecule has 0 fully saturated rings. The number of nitrogens with zero attached hydrogens (tertiary/aromatic N) is 5. The lowest BCUT2D eigenvalue weighted by molar-refractivity contribution is 0.415. The number of aromatic amines is 1. The molecular formula is C28H19N7O2. The number of hydrogen-bond acceptors (Lipinski definition) is 7. The van der Waals surface area contributed by atoms with Crippen LogP contribution in [0.3, 0.4) is 0 Å². The van der Waals surface area contributed by atoms with E-state index in [4.69, 9.17) is 15.0 Å². The first-order chi connectivity index (χ1) is 18.1. The second-order valence-corrected chi connectivity index (χ2v) is 8.32. The summed E-state index contributed by atoms with van der Waals surface area (Å²) in [4.78, 5) is 22.9. The number of rotatable bonds is 5. The van der Waals surface area contributed by atoms with Crippen LogP contribution in [0.5, 0.6) is 5.75 Å². The number of pyridine rings is 1. The molecule has 0 aliphatic carbocycles. The van der Waals surface area contributed by atoms with Gasteiger partial charge in [0.05, 0.1) is 46.9 Å². The summed E-state index contributed by atoms with van der Waals surface area (Å²) in [5.41, 5.74) is 4.61. The molecule has 3 aromatic heterocycles. The topological polar surface area (TPSA) is 122 Å². The third kappa shape index (κ3) is 3.92. The Morgan fingerprint density at radius 2 is 1.78 bits per heavy atom. The van der Waals surface area contributed by atoms with Crippen LogP contribution in [0.15, 0.2) is 90.0 Å². The van der Waals surface area contributed by atoms with E-state index < -0.39 is 0 Å². The standard InChI is InChI=1S/C28H19N7O2/c1-37-22-11-9-20(10-12-22)32-28-30-15-23-25-24(16-31-34-25)27(36)35(26(23)33-28)21-4-2-3-19(13-21)18-7-5-17(14-29)6-8-18/h2-13,15-16H,1H3,(H,31,34)(H,30,32,33). The van der Waals surface area contributed by atoms with Crippen LogP contribution in [-0.4, -0.2) is 31.8 Å². The highest BCUT2D eigenvalue weighted by Crippen LogP contribution is 2.27. The van der Waals surface area contributed by atoms with E-state index in [1.54, 1.807) is 30.0 Å². The van der Waals surface area contributed by atoms with Crippen molar-refractivity contribution in [2.75, 3.05) is 12.4 Å². The van der Waals surface area contributed by atoms with Crippen molar-refractivity contribution in [3.05, 3.63) is 101 Å². The van der Waals surface area contributed by atoms with Gasteiger partial charge in [0, 0.05) is 11.9 Å². The van der Waals surface area contributed by atoms with Crippen molar-refractivity contribution in [3.63, 3.8) is 0 Å². The van der Waals surface area contributed by atoms with E-state index in [0.29, 0.717) is 39.1 Å². The number of H-pyrrole nitrogens is 1. The molecule has 6 aromatic rings. The van der Waals surface area contributed by atoms with Crippen molar-refractivity contribution in [2.24, 2.45) is 0 Å². The van der Waals surface area contributed by atoms with E-state index in [2.05, 4.69) is 26.6 Å². The molecular weight excluding hydrogens is 466 g/mol. The first kappa shape index (κ1) is 22.0. The maximum absolute atomic E-state index is 13.6. The summed E-state index contributed by atoms with van der Waals surface area (Å²) in [5.74, 6) is 1.08. The zero-order chi connectivity index (χ0) is 25.4. The van der Waals surface area contributed by atoms with Crippen LogP contribution in [0, 0.1) is 11.3 Å². The zero-order valence-electron chi connectivity index (χ0n) is 19.6. The first-order valence-corrected chi connectivity index (χ1v) is 11.4. The predicted octanol–water partition coefficient (Wildman–Crippen LogP) is 4.95. The van der Waals surface area contributed by atoms with Crippen molar-refractivity contribution < 1.29 is 4.74 Å². The summed E-state index contributed by atoms with van der Waals surface area (Å²) in [6.07, 6.45) is 3.19. The number of aromatic nitrogens is 5. The first-order valence-electron chi connectivity index (χ1n) is 11.4. The van der Waals surface area contributed by atoms with E-state index >= 15 is 0 Å². The summed E-state index contributed by atoms with van der Waals surface area (Å²) in [5, 5.41) is 20.4. The van der Waals surface area contributed by atoms with Crippen molar-refractivity contribution in [3.8, 4) is 28.6 Å². The van der Waals surface area contributed by atoms with Gasteiger partial charge in [-0.25, -0.2) is 4.98 Å². The highest BCUT2D eigenvalue weighted by atomic mass is 16.5. The normalized spacial score (nSPS) is 10.9. The molecule has 9 heteroatoms. The molecule has 3 heterocycles. The molecule has 0 bridgehead atoms. The number of nitriles is 1. The maximum atomic E-state index is 13.6. The van der Waals surface area contributed by atoms with Gasteiger partial charge in [-0.2, -0.15) is 15.3 Å². The van der Waals surface area contributed by atoms with Gasteiger partial charge < -0.3 is 10.1 Å². The highest BCUT2D eigenvalue weighted by molar-refractivity contribution is 6.02. The van der Waals surface area contributed by atoms with Gasteiger partial charge in [-0.15, -0.1) is 0 Å². The average molecular weight is 486 g/mol. The Morgan fingerprint density at radius 1 is 0.973 bits per heavy atom. The predicted molar refractivity (Wildman–Crippen MR) is 141 cm³/mol. The van der Waals surface area contributed by atoms with Crippen LogP contribution >= 0.6 is 0 Å². The second kappa shape index (κ2) is 8.94. The number of anilines is 2. The Hall–Kier alpha value is -5.49. The van der Waals surface area contributed by atoms with Crippen LogP contribution in [0.25, 0.3) is 38.8 Å². The Balaban J connectivity index is 1.51. The SMILES string of the molecule is COc1ccc(Nc2ncc3c4[nH]ncc4c(=O)n(-c4cccc(-c5ccc(C#N)cc5)c4)c3n2)cc1. The summed E-state index contributed by atoms with van der Waals surface area (Å²) in [7, 11) is 1.61. The largest absolute Gasteiger partial charge is 0.497 e. The van der Waals surface area contributed by atoms with Crippen LogP contribution in [-0.2, 0) is 0 Å². The zero-order valence-corrected chi connectivity index (χ0v) is 19.6. The quantitative estimate of drug-likeness (QED) is 0.354. The minimum atomic E-state index is -0.248. The molecule has 0 unspecified atom stereocenters. The lowest BCUT2D eigenvalue weighted by Gasteiger charge is -2.13. The Labute approximate surface area is 210 Å². The average Bonchev–Trinajstić information content (AvgIpc) is 3.45. The van der Waals surface area contributed by atoms with Crippen LogP contribution < -0.4 is 15.6 Å². The van der Waals surface area contributed by atoms with Gasteiger partial charge >= 0.3 is 0 Å². The summed E-state index contributed by atoms with van der Waals surface area (Å²) >= 11 is 0. The third-order valence-electron chi connectivity index (χ3n) is 6.12. The fourth-order valence-electron chi connectivity index (χ4n) is 4.25. The van der Waals surface area contributed by atoms with Crippen LogP contribution in [0.4, 0.5) is 11.6 Å². The monoisotopic (exact) mass is 485 g/mol. The smallest absolute Gasteiger partial charge is 0.267 e. The minimum Gasteiger partial charge on any atom is -0.497 e. The minimum absolute atomic E-state index is 0.248. The van der Waals surface area contributed by atoms with Crippen molar-refractivity contribution in [1.29, 1.82) is 5.26 Å². The molecule has 0 saturated carbocycles. The molecule has 2 N–H and O–H groups in total.